The van der Waals surface area contributed by atoms with E-state index in [4.69, 9.17) is 19.8 Å². The molecule has 1 fully saturated rings. The van der Waals surface area contributed by atoms with E-state index < -0.39 is 11.9 Å². The van der Waals surface area contributed by atoms with Gasteiger partial charge in [-0.05, 0) is 24.6 Å². The normalized spacial score (nSPS) is 15.7. The van der Waals surface area contributed by atoms with Crippen molar-refractivity contribution in [3.63, 3.8) is 0 Å². The summed E-state index contributed by atoms with van der Waals surface area (Å²) in [7, 11) is 2.20. The number of benzene rings is 1. The number of aliphatic carboxylic acids is 2. The third-order valence-corrected chi connectivity index (χ3v) is 3.62. The molecule has 1 saturated heterocycles. The molecule has 0 unspecified atom stereocenters. The third-order valence-electron chi connectivity index (χ3n) is 3.62. The Balaban J connectivity index is 0.000000346. The topological polar surface area (TPSA) is 81.1 Å². The minimum atomic E-state index is -1.82. The summed E-state index contributed by atoms with van der Waals surface area (Å²) in [5.74, 6) is -3.65. The summed E-state index contributed by atoms with van der Waals surface area (Å²) < 4.78 is 0. The van der Waals surface area contributed by atoms with Gasteiger partial charge in [0.2, 0.25) is 0 Å². The number of nitrogens with zero attached hydrogens (tertiary/aromatic N) is 2. The van der Waals surface area contributed by atoms with Gasteiger partial charge in [0.25, 0.3) is 0 Å². The zero-order valence-electron chi connectivity index (χ0n) is 13.2. The average Bonchev–Trinajstić information content (AvgIpc) is 2.51. The van der Waals surface area contributed by atoms with E-state index >= 15 is 0 Å². The van der Waals surface area contributed by atoms with Crippen LogP contribution in [0.1, 0.15) is 18.1 Å². The molecule has 1 aromatic rings. The smallest absolute Gasteiger partial charge is 0.414 e. The van der Waals surface area contributed by atoms with Gasteiger partial charge in [-0.25, -0.2) is 9.59 Å². The van der Waals surface area contributed by atoms with Crippen LogP contribution in [0.4, 0.5) is 0 Å². The Labute approximate surface area is 131 Å². The lowest BCUT2D eigenvalue weighted by Crippen LogP contribution is -2.43. The Morgan fingerprint density at radius 3 is 1.82 bits per heavy atom. The molecule has 6 nitrogen and oxygen atoms in total. The summed E-state index contributed by atoms with van der Waals surface area (Å²) in [6.45, 7) is 8.12. The Morgan fingerprint density at radius 1 is 0.955 bits per heavy atom. The highest BCUT2D eigenvalue weighted by molar-refractivity contribution is 6.27. The molecule has 1 heterocycles. The van der Waals surface area contributed by atoms with Crippen LogP contribution in [0.25, 0.3) is 0 Å². The maximum atomic E-state index is 9.10. The molecule has 2 rings (SSSR count). The van der Waals surface area contributed by atoms with Gasteiger partial charge in [-0.3, -0.25) is 4.90 Å². The first-order valence-electron chi connectivity index (χ1n) is 7.37. The predicted octanol–water partition coefficient (Wildman–Crippen LogP) is 1.15. The lowest BCUT2D eigenvalue weighted by Gasteiger charge is -2.32. The van der Waals surface area contributed by atoms with Crippen molar-refractivity contribution in [1.29, 1.82) is 0 Å². The van der Waals surface area contributed by atoms with E-state index in [-0.39, 0.29) is 0 Å². The van der Waals surface area contributed by atoms with Gasteiger partial charge in [0.1, 0.15) is 0 Å². The van der Waals surface area contributed by atoms with Gasteiger partial charge in [0.05, 0.1) is 0 Å². The second-order valence-corrected chi connectivity index (χ2v) is 5.36. The molecule has 6 heteroatoms. The lowest BCUT2D eigenvalue weighted by atomic mass is 10.1. The maximum absolute atomic E-state index is 9.10. The first kappa shape index (κ1) is 18.1. The van der Waals surface area contributed by atoms with Crippen LogP contribution >= 0.6 is 0 Å². The van der Waals surface area contributed by atoms with Gasteiger partial charge in [0.15, 0.2) is 0 Å². The molecule has 122 valence electrons. The first-order valence-corrected chi connectivity index (χ1v) is 7.37. The summed E-state index contributed by atoms with van der Waals surface area (Å²) >= 11 is 0. The van der Waals surface area contributed by atoms with Crippen LogP contribution in [0.5, 0.6) is 0 Å². The van der Waals surface area contributed by atoms with Crippen molar-refractivity contribution in [3.05, 3.63) is 35.4 Å². The molecule has 1 aliphatic rings. The highest BCUT2D eigenvalue weighted by Crippen LogP contribution is 2.09. The number of carboxylic acid groups (broad SMARTS) is 2. The maximum Gasteiger partial charge on any atom is 0.414 e. The van der Waals surface area contributed by atoms with E-state index in [0.717, 1.165) is 13.0 Å². The lowest BCUT2D eigenvalue weighted by molar-refractivity contribution is -0.159. The molecule has 1 aromatic carbocycles. The second kappa shape index (κ2) is 9.17. The van der Waals surface area contributed by atoms with Crippen molar-refractivity contribution in [1.82, 2.24) is 9.80 Å². The van der Waals surface area contributed by atoms with E-state index in [9.17, 15) is 0 Å². The second-order valence-electron chi connectivity index (χ2n) is 5.36. The minimum Gasteiger partial charge on any atom is -0.473 e. The molecule has 0 spiro atoms. The fourth-order valence-corrected chi connectivity index (χ4v) is 2.14. The zero-order valence-corrected chi connectivity index (χ0v) is 13.2. The number of piperazine rings is 1. The van der Waals surface area contributed by atoms with Gasteiger partial charge in [-0.1, -0.05) is 31.2 Å². The van der Waals surface area contributed by atoms with E-state index in [0.29, 0.717) is 0 Å². The highest BCUT2D eigenvalue weighted by Gasteiger charge is 2.13. The van der Waals surface area contributed by atoms with Gasteiger partial charge in [-0.15, -0.1) is 0 Å². The molecule has 0 aromatic heterocycles. The van der Waals surface area contributed by atoms with Crippen LogP contribution < -0.4 is 0 Å². The van der Waals surface area contributed by atoms with Gasteiger partial charge < -0.3 is 15.1 Å². The van der Waals surface area contributed by atoms with Crippen molar-refractivity contribution < 1.29 is 19.8 Å². The summed E-state index contributed by atoms with van der Waals surface area (Å²) in [4.78, 5) is 23.1. The fourth-order valence-electron chi connectivity index (χ4n) is 2.14. The third kappa shape index (κ3) is 6.69. The number of rotatable bonds is 3. The van der Waals surface area contributed by atoms with E-state index in [1.807, 2.05) is 0 Å². The highest BCUT2D eigenvalue weighted by atomic mass is 16.4. The summed E-state index contributed by atoms with van der Waals surface area (Å²) in [5.41, 5.74) is 2.88. The molecule has 1 aliphatic heterocycles. The summed E-state index contributed by atoms with van der Waals surface area (Å²) in [6.07, 6.45) is 1.13. The Kier molecular flexibility index (Phi) is 7.56. The molecule has 0 bridgehead atoms. The largest absolute Gasteiger partial charge is 0.473 e. The monoisotopic (exact) mass is 308 g/mol. The Bertz CT molecular complexity index is 467. The first-order chi connectivity index (χ1) is 10.4. The summed E-state index contributed by atoms with van der Waals surface area (Å²) in [5, 5.41) is 14.8. The molecule has 0 saturated carbocycles. The van der Waals surface area contributed by atoms with Gasteiger partial charge in [-0.2, -0.15) is 0 Å². The molecule has 22 heavy (non-hydrogen) atoms. The van der Waals surface area contributed by atoms with Crippen molar-refractivity contribution in [2.45, 2.75) is 19.9 Å². The fraction of sp³-hybridized carbons (Fsp3) is 0.500. The molecular formula is C16H24N2O4. The van der Waals surface area contributed by atoms with Crippen LogP contribution in [-0.4, -0.2) is 65.2 Å². The number of hydrogen-bond acceptors (Lipinski definition) is 4. The zero-order chi connectivity index (χ0) is 16.5. The number of carboxylic acids is 2. The molecule has 0 atom stereocenters. The standard InChI is InChI=1S/C14H22N2.C2H2O4/c1-3-13-4-6-14(7-5-13)12-16-10-8-15(2)9-11-16;3-1(4)2(5)6/h4-7H,3,8-12H2,1-2H3;(H,3,4)(H,5,6). The molecule has 0 aliphatic carbocycles. The van der Waals surface area contributed by atoms with Crippen LogP contribution in [0.3, 0.4) is 0 Å². The van der Waals surface area contributed by atoms with Crippen molar-refractivity contribution in [2.24, 2.45) is 0 Å². The van der Waals surface area contributed by atoms with Crippen LogP contribution in [0.15, 0.2) is 24.3 Å². The molecule has 0 radical (unpaired) electrons. The Morgan fingerprint density at radius 2 is 1.41 bits per heavy atom. The number of likely N-dealkylation sites (N-methyl/N-ethyl adjacent to an activating group) is 1. The molecular weight excluding hydrogens is 284 g/mol. The summed E-state index contributed by atoms with van der Waals surface area (Å²) in [6, 6.07) is 9.06. The van der Waals surface area contributed by atoms with Gasteiger partial charge >= 0.3 is 11.9 Å². The Hall–Kier alpha value is -1.92. The van der Waals surface area contributed by atoms with Crippen LogP contribution in [0, 0.1) is 0 Å². The van der Waals surface area contributed by atoms with Crippen LogP contribution in [0.2, 0.25) is 0 Å². The number of hydrogen-bond donors (Lipinski definition) is 2. The van der Waals surface area contributed by atoms with Crippen molar-refractivity contribution in [3.8, 4) is 0 Å². The molecule has 0 amide bonds. The van der Waals surface area contributed by atoms with E-state index in [1.54, 1.807) is 0 Å². The average molecular weight is 308 g/mol. The molecule has 2 N–H and O–H groups in total. The van der Waals surface area contributed by atoms with E-state index in [1.165, 1.54) is 37.3 Å². The number of aryl methyl sites for hydroxylation is 1. The van der Waals surface area contributed by atoms with E-state index in [2.05, 4.69) is 48.0 Å². The minimum absolute atomic E-state index is 1.11. The number of carbonyl (C=O) groups is 2. The predicted molar refractivity (Wildman–Crippen MR) is 83.9 cm³/mol. The SMILES string of the molecule is CCc1ccc(CN2CCN(C)CC2)cc1.O=C(O)C(=O)O. The quantitative estimate of drug-likeness (QED) is 0.815. The van der Waals surface area contributed by atoms with Gasteiger partial charge in [0, 0.05) is 32.7 Å². The van der Waals surface area contributed by atoms with Crippen LogP contribution in [-0.2, 0) is 22.6 Å². The van der Waals surface area contributed by atoms with Crippen molar-refractivity contribution in [2.75, 3.05) is 33.2 Å². The van der Waals surface area contributed by atoms with Crippen molar-refractivity contribution >= 4 is 11.9 Å².